The van der Waals surface area contributed by atoms with E-state index in [2.05, 4.69) is 10.3 Å². The Balaban J connectivity index is 2.07. The first-order chi connectivity index (χ1) is 9.00. The number of nitrogens with one attached hydrogen (secondary N) is 1. The largest absolute Gasteiger partial charge is 0.443 e. The zero-order valence-electron chi connectivity index (χ0n) is 10.7. The molecule has 1 aliphatic heterocycles. The summed E-state index contributed by atoms with van der Waals surface area (Å²) in [5.74, 6) is 0.417. The SMILES string of the molecule is CCNC(CC1CCOC1)c1cnc(C(F)(F)F)s1. The second-order valence-electron chi connectivity index (χ2n) is 4.64. The van der Waals surface area contributed by atoms with E-state index in [0.717, 1.165) is 37.3 Å². The molecule has 0 bridgehead atoms. The predicted octanol–water partition coefficient (Wildman–Crippen LogP) is 3.24. The summed E-state index contributed by atoms with van der Waals surface area (Å²) in [7, 11) is 0. The third-order valence-corrected chi connectivity index (χ3v) is 4.31. The predicted molar refractivity (Wildman–Crippen MR) is 67.1 cm³/mol. The van der Waals surface area contributed by atoms with Gasteiger partial charge >= 0.3 is 6.18 Å². The normalized spacial score (nSPS) is 21.8. The molecule has 108 valence electrons. The Morgan fingerprint density at radius 3 is 2.89 bits per heavy atom. The van der Waals surface area contributed by atoms with Gasteiger partial charge in [0.15, 0.2) is 5.01 Å². The summed E-state index contributed by atoms with van der Waals surface area (Å²) in [6.45, 7) is 4.12. The average molecular weight is 294 g/mol. The van der Waals surface area contributed by atoms with E-state index in [1.165, 1.54) is 6.20 Å². The zero-order valence-corrected chi connectivity index (χ0v) is 11.5. The average Bonchev–Trinajstić information content (AvgIpc) is 2.98. The van der Waals surface area contributed by atoms with Gasteiger partial charge in [-0.05, 0) is 25.3 Å². The van der Waals surface area contributed by atoms with Crippen LogP contribution >= 0.6 is 11.3 Å². The number of alkyl halides is 3. The highest BCUT2D eigenvalue weighted by molar-refractivity contribution is 7.11. The molecular formula is C12H17F3N2OS. The van der Waals surface area contributed by atoms with Crippen molar-refractivity contribution in [3.05, 3.63) is 16.1 Å². The minimum atomic E-state index is -4.35. The summed E-state index contributed by atoms with van der Waals surface area (Å²) >= 11 is 0.732. The molecule has 2 unspecified atom stereocenters. The molecule has 0 radical (unpaired) electrons. The van der Waals surface area contributed by atoms with E-state index in [9.17, 15) is 13.2 Å². The summed E-state index contributed by atoms with van der Waals surface area (Å²) in [4.78, 5) is 4.14. The van der Waals surface area contributed by atoms with Gasteiger partial charge in [-0.3, -0.25) is 0 Å². The lowest BCUT2D eigenvalue weighted by molar-refractivity contribution is -0.137. The molecule has 1 aliphatic rings. The van der Waals surface area contributed by atoms with E-state index in [1.54, 1.807) is 0 Å². The molecule has 2 rings (SSSR count). The molecule has 1 N–H and O–H groups in total. The monoisotopic (exact) mass is 294 g/mol. The lowest BCUT2D eigenvalue weighted by Crippen LogP contribution is -2.23. The highest BCUT2D eigenvalue weighted by Gasteiger charge is 2.35. The van der Waals surface area contributed by atoms with Crippen LogP contribution in [0.25, 0.3) is 0 Å². The maximum atomic E-state index is 12.6. The van der Waals surface area contributed by atoms with E-state index in [1.807, 2.05) is 6.92 Å². The van der Waals surface area contributed by atoms with E-state index >= 15 is 0 Å². The molecule has 0 saturated carbocycles. The van der Waals surface area contributed by atoms with Crippen LogP contribution in [0.4, 0.5) is 13.2 Å². The van der Waals surface area contributed by atoms with Gasteiger partial charge in [0.05, 0.1) is 0 Å². The summed E-state index contributed by atoms with van der Waals surface area (Å²) in [5.41, 5.74) is 0. The van der Waals surface area contributed by atoms with E-state index < -0.39 is 11.2 Å². The van der Waals surface area contributed by atoms with Gasteiger partial charge < -0.3 is 10.1 Å². The fourth-order valence-corrected chi connectivity index (χ4v) is 3.10. The number of aromatic nitrogens is 1. The fourth-order valence-electron chi connectivity index (χ4n) is 2.23. The van der Waals surface area contributed by atoms with Crippen LogP contribution in [0, 0.1) is 5.92 Å². The van der Waals surface area contributed by atoms with Crippen LogP contribution in [0.15, 0.2) is 6.20 Å². The van der Waals surface area contributed by atoms with Gasteiger partial charge in [0.1, 0.15) is 0 Å². The van der Waals surface area contributed by atoms with Gasteiger partial charge in [0.25, 0.3) is 0 Å². The highest BCUT2D eigenvalue weighted by atomic mass is 32.1. The number of halogens is 3. The number of thiazole rings is 1. The molecule has 1 fully saturated rings. The molecule has 2 atom stereocenters. The number of hydrogen-bond acceptors (Lipinski definition) is 4. The first kappa shape index (κ1) is 14.7. The van der Waals surface area contributed by atoms with E-state index in [-0.39, 0.29) is 6.04 Å². The molecule has 0 aliphatic carbocycles. The topological polar surface area (TPSA) is 34.1 Å². The Labute approximate surface area is 114 Å². The van der Waals surface area contributed by atoms with Crippen molar-refractivity contribution in [2.45, 2.75) is 32.0 Å². The Morgan fingerprint density at radius 1 is 1.58 bits per heavy atom. The van der Waals surface area contributed by atoms with Crippen LogP contribution in [0.3, 0.4) is 0 Å². The van der Waals surface area contributed by atoms with Crippen molar-refractivity contribution in [3.63, 3.8) is 0 Å². The number of rotatable bonds is 5. The molecule has 7 heteroatoms. The van der Waals surface area contributed by atoms with Crippen molar-refractivity contribution in [3.8, 4) is 0 Å². The van der Waals surface area contributed by atoms with E-state index in [4.69, 9.17) is 4.74 Å². The lowest BCUT2D eigenvalue weighted by atomic mass is 9.98. The van der Waals surface area contributed by atoms with Crippen molar-refractivity contribution >= 4 is 11.3 Å². The molecule has 1 saturated heterocycles. The highest BCUT2D eigenvalue weighted by Crippen LogP contribution is 2.36. The maximum absolute atomic E-state index is 12.6. The second-order valence-corrected chi connectivity index (χ2v) is 5.70. The Hall–Kier alpha value is -0.660. The van der Waals surface area contributed by atoms with Crippen LogP contribution in [0.1, 0.15) is 35.7 Å². The lowest BCUT2D eigenvalue weighted by Gasteiger charge is -2.19. The quantitative estimate of drug-likeness (QED) is 0.905. The molecule has 0 spiro atoms. The maximum Gasteiger partial charge on any atom is 0.443 e. The standard InChI is InChI=1S/C12H17F3N2OS/c1-2-16-9(5-8-3-4-18-7-8)10-6-17-11(19-10)12(13,14)15/h6,8-9,16H,2-5,7H2,1H3. The minimum absolute atomic E-state index is 0.0645. The first-order valence-corrected chi connectivity index (χ1v) is 7.16. The smallest absolute Gasteiger partial charge is 0.381 e. The zero-order chi connectivity index (χ0) is 13.9. The molecule has 1 aromatic rings. The fraction of sp³-hybridized carbons (Fsp3) is 0.750. The van der Waals surface area contributed by atoms with Crippen molar-refractivity contribution in [1.82, 2.24) is 10.3 Å². The van der Waals surface area contributed by atoms with Crippen LogP contribution in [0.2, 0.25) is 0 Å². The Bertz CT molecular complexity index is 402. The summed E-state index contributed by atoms with van der Waals surface area (Å²) in [6, 6.07) is -0.0645. The number of hydrogen-bond donors (Lipinski definition) is 1. The van der Waals surface area contributed by atoms with Crippen molar-refractivity contribution in [2.75, 3.05) is 19.8 Å². The summed E-state index contributed by atoms with van der Waals surface area (Å²) in [5, 5.41) is 2.47. The number of nitrogens with zero attached hydrogens (tertiary/aromatic N) is 1. The molecule has 2 heterocycles. The van der Waals surface area contributed by atoms with Crippen molar-refractivity contribution in [1.29, 1.82) is 0 Å². The third-order valence-electron chi connectivity index (χ3n) is 3.15. The second kappa shape index (κ2) is 6.19. The Kier molecular flexibility index (Phi) is 4.81. The molecule has 0 amide bonds. The minimum Gasteiger partial charge on any atom is -0.381 e. The molecule has 19 heavy (non-hydrogen) atoms. The van der Waals surface area contributed by atoms with Crippen LogP contribution in [0.5, 0.6) is 0 Å². The molecular weight excluding hydrogens is 277 g/mol. The van der Waals surface area contributed by atoms with E-state index in [0.29, 0.717) is 17.4 Å². The molecule has 3 nitrogen and oxygen atoms in total. The number of ether oxygens (including phenoxy) is 1. The molecule has 0 aromatic carbocycles. The van der Waals surface area contributed by atoms with Crippen LogP contribution in [-0.4, -0.2) is 24.7 Å². The van der Waals surface area contributed by atoms with Gasteiger partial charge in [0.2, 0.25) is 0 Å². The summed E-state index contributed by atoms with van der Waals surface area (Å²) in [6.07, 6.45) is -1.23. The van der Waals surface area contributed by atoms with Crippen LogP contribution < -0.4 is 5.32 Å². The summed E-state index contributed by atoms with van der Waals surface area (Å²) < 4.78 is 43.0. The van der Waals surface area contributed by atoms with Gasteiger partial charge in [-0.1, -0.05) is 6.92 Å². The third kappa shape index (κ3) is 3.90. The van der Waals surface area contributed by atoms with Gasteiger partial charge in [-0.25, -0.2) is 4.98 Å². The molecule has 1 aromatic heterocycles. The van der Waals surface area contributed by atoms with Crippen molar-refractivity contribution in [2.24, 2.45) is 5.92 Å². The van der Waals surface area contributed by atoms with Gasteiger partial charge in [0, 0.05) is 30.3 Å². The Morgan fingerprint density at radius 2 is 2.37 bits per heavy atom. The van der Waals surface area contributed by atoms with Gasteiger partial charge in [-0.15, -0.1) is 11.3 Å². The van der Waals surface area contributed by atoms with Crippen molar-refractivity contribution < 1.29 is 17.9 Å². The van der Waals surface area contributed by atoms with Gasteiger partial charge in [-0.2, -0.15) is 13.2 Å². The van der Waals surface area contributed by atoms with Crippen LogP contribution in [-0.2, 0) is 10.9 Å². The first-order valence-electron chi connectivity index (χ1n) is 6.34.